The van der Waals surface area contributed by atoms with Crippen LogP contribution in [0.5, 0.6) is 0 Å². The molecule has 1 amide bonds. The molecule has 1 heterocycles. The van der Waals surface area contributed by atoms with E-state index in [1.807, 2.05) is 107 Å². The number of fused-ring (bicyclic) bond motifs is 5. The average Bonchev–Trinajstić information content (AvgIpc) is 3.60. The number of hydrogen-bond acceptors (Lipinski definition) is 11. The third-order valence-electron chi connectivity index (χ3n) is 9.03. The molecular formula is C42H52N5O5S4+. The molecule has 56 heavy (non-hydrogen) atoms. The standard InChI is InChI=1S/C42H51N5O5S4/c1-30(43)13-11-27-54-55-28-26-50-24-12-22-44-41(49)52-36-29-32-16-7-8-17-33(32)38-39(35-19-10-9-18-34(35)36)47(46-45-38)23-25-51-37(48)20-21-42(2,3)56-40(53)31-14-5-4-6-15-31/h4-10,14-19,36,43H,11-13,20-29H2,1-3H3,(H,44,49)/p+1. The SMILES string of the molecule is CC(=[NH2+])CCCSSCCOCCCNC(=O)OC1Cc2ccccc2-c2nnn(CCOC(=O)CCC(C)(C)SC(=S)c3ccccc3)c2-c2ccccc21. The summed E-state index contributed by atoms with van der Waals surface area (Å²) in [5, 5.41) is 17.8. The van der Waals surface area contributed by atoms with Crippen LogP contribution in [0, 0.1) is 0 Å². The van der Waals surface area contributed by atoms with Crippen LogP contribution in [-0.2, 0) is 32.0 Å². The van der Waals surface area contributed by atoms with Gasteiger partial charge in [0.1, 0.15) is 24.1 Å². The van der Waals surface area contributed by atoms with Crippen molar-refractivity contribution in [1.82, 2.24) is 20.3 Å². The summed E-state index contributed by atoms with van der Waals surface area (Å²) in [6.07, 6.45) is 3.05. The molecule has 0 saturated heterocycles. The Bertz CT molecular complexity index is 1920. The van der Waals surface area contributed by atoms with Crippen LogP contribution in [0.15, 0.2) is 78.9 Å². The predicted molar refractivity (Wildman–Crippen MR) is 234 cm³/mol. The van der Waals surface area contributed by atoms with E-state index in [9.17, 15) is 9.59 Å². The number of benzene rings is 3. The first-order valence-corrected chi connectivity index (χ1v) is 22.7. The lowest BCUT2D eigenvalue weighted by Gasteiger charge is -2.25. The minimum Gasteiger partial charge on any atom is -0.464 e. The molecule has 3 aromatic carbocycles. The van der Waals surface area contributed by atoms with E-state index in [0.29, 0.717) is 45.6 Å². The van der Waals surface area contributed by atoms with Crippen molar-refractivity contribution < 1.29 is 29.2 Å². The predicted octanol–water partition coefficient (Wildman–Crippen LogP) is 7.93. The Morgan fingerprint density at radius 3 is 2.46 bits per heavy atom. The quantitative estimate of drug-likeness (QED) is 0.0279. The summed E-state index contributed by atoms with van der Waals surface area (Å²) in [6.45, 7) is 8.24. The molecule has 298 valence electrons. The van der Waals surface area contributed by atoms with Gasteiger partial charge in [-0.05, 0) is 30.4 Å². The van der Waals surface area contributed by atoms with Gasteiger partial charge in [-0.3, -0.25) is 10.2 Å². The van der Waals surface area contributed by atoms with Gasteiger partial charge >= 0.3 is 12.1 Å². The fourth-order valence-corrected chi connectivity index (χ4v) is 9.89. The van der Waals surface area contributed by atoms with Crippen LogP contribution in [-0.4, -0.2) is 79.6 Å². The maximum Gasteiger partial charge on any atom is 0.407 e. The molecule has 10 nitrogen and oxygen atoms in total. The zero-order valence-electron chi connectivity index (χ0n) is 32.4. The fraction of sp³-hybridized carbons (Fsp3) is 0.429. The Labute approximate surface area is 347 Å². The first-order chi connectivity index (χ1) is 27.1. The number of nitrogens with zero attached hydrogens (tertiary/aromatic N) is 3. The second-order valence-electron chi connectivity index (χ2n) is 14.1. The van der Waals surface area contributed by atoms with Crippen LogP contribution >= 0.6 is 45.6 Å². The molecule has 0 saturated carbocycles. The third kappa shape index (κ3) is 13.5. The number of alkyl carbamates (subject to hydrolysis) is 1. The van der Waals surface area contributed by atoms with Gasteiger partial charge in [-0.1, -0.05) is 132 Å². The van der Waals surface area contributed by atoms with Gasteiger partial charge in [0.05, 0.1) is 23.0 Å². The van der Waals surface area contributed by atoms with E-state index in [1.54, 1.807) is 16.4 Å². The van der Waals surface area contributed by atoms with Gasteiger partial charge in [-0.2, -0.15) is 0 Å². The number of nitrogens with one attached hydrogen (secondary N) is 1. The summed E-state index contributed by atoms with van der Waals surface area (Å²) in [7, 11) is 3.66. The molecular weight excluding hydrogens is 783 g/mol. The monoisotopic (exact) mass is 834 g/mol. The minimum absolute atomic E-state index is 0.131. The van der Waals surface area contributed by atoms with Gasteiger partial charge in [0.25, 0.3) is 0 Å². The largest absolute Gasteiger partial charge is 0.464 e. The highest BCUT2D eigenvalue weighted by Gasteiger charge is 2.30. The molecule has 0 radical (unpaired) electrons. The van der Waals surface area contributed by atoms with E-state index in [4.69, 9.17) is 31.8 Å². The molecule has 4 aromatic rings. The Morgan fingerprint density at radius 2 is 1.66 bits per heavy atom. The van der Waals surface area contributed by atoms with Crippen LogP contribution in [0.4, 0.5) is 4.79 Å². The molecule has 0 spiro atoms. The van der Waals surface area contributed by atoms with Crippen molar-refractivity contribution in [2.75, 3.05) is 37.9 Å². The van der Waals surface area contributed by atoms with Crippen LogP contribution in [0.1, 0.15) is 75.7 Å². The number of carbonyl (C=O) groups is 2. The van der Waals surface area contributed by atoms with Crippen molar-refractivity contribution >= 4 is 67.5 Å². The summed E-state index contributed by atoms with van der Waals surface area (Å²) < 4.78 is 19.9. The number of amides is 1. The Kier molecular flexibility index (Phi) is 17.3. The van der Waals surface area contributed by atoms with E-state index < -0.39 is 12.2 Å². The number of rotatable bonds is 21. The van der Waals surface area contributed by atoms with Crippen molar-refractivity contribution in [2.45, 2.75) is 76.7 Å². The third-order valence-corrected chi connectivity index (χ3v) is 13.1. The van der Waals surface area contributed by atoms with Crippen LogP contribution in [0.25, 0.3) is 22.5 Å². The summed E-state index contributed by atoms with van der Waals surface area (Å²) in [5.74, 6) is 1.72. The second-order valence-corrected chi connectivity index (χ2v) is 19.2. The molecule has 1 aliphatic carbocycles. The highest BCUT2D eigenvalue weighted by atomic mass is 33.1. The summed E-state index contributed by atoms with van der Waals surface area (Å²) in [6, 6.07) is 25.8. The Morgan fingerprint density at radius 1 is 0.929 bits per heavy atom. The lowest BCUT2D eigenvalue weighted by Crippen LogP contribution is -2.37. The highest BCUT2D eigenvalue weighted by Crippen LogP contribution is 2.41. The Hall–Kier alpha value is -3.69. The normalized spacial score (nSPS) is 13.4. The lowest BCUT2D eigenvalue weighted by molar-refractivity contribution is -0.144. The molecule has 1 aliphatic rings. The van der Waals surface area contributed by atoms with E-state index >= 15 is 0 Å². The molecule has 0 fully saturated rings. The zero-order chi connectivity index (χ0) is 39.8. The number of thioether (sulfide) groups is 1. The van der Waals surface area contributed by atoms with Crippen LogP contribution in [0.2, 0.25) is 0 Å². The van der Waals surface area contributed by atoms with E-state index in [-0.39, 0.29) is 23.7 Å². The number of nitrogens with two attached hydrogens (primary N) is 1. The lowest BCUT2D eigenvalue weighted by atomic mass is 9.87. The van der Waals surface area contributed by atoms with Crippen molar-refractivity contribution in [3.05, 3.63) is 95.6 Å². The fourth-order valence-electron chi connectivity index (χ4n) is 6.17. The van der Waals surface area contributed by atoms with Gasteiger partial charge < -0.3 is 19.5 Å². The molecule has 3 N–H and O–H groups in total. The number of esters is 1. The van der Waals surface area contributed by atoms with Crippen molar-refractivity contribution in [2.24, 2.45) is 0 Å². The average molecular weight is 835 g/mol. The van der Waals surface area contributed by atoms with Crippen molar-refractivity contribution in [1.29, 1.82) is 0 Å². The summed E-state index contributed by atoms with van der Waals surface area (Å²) in [5.41, 5.74) is 7.11. The molecule has 0 bridgehead atoms. The number of thiocarbonyl (C=S) groups is 1. The Balaban J connectivity index is 1.15. The smallest absolute Gasteiger partial charge is 0.407 e. The number of hydrogen-bond donors (Lipinski definition) is 2. The minimum atomic E-state index is -0.560. The molecule has 14 heteroatoms. The van der Waals surface area contributed by atoms with Crippen molar-refractivity contribution in [3.63, 3.8) is 0 Å². The number of ether oxygens (including phenoxy) is 3. The van der Waals surface area contributed by atoms with Gasteiger partial charge in [-0.15, -0.1) is 16.9 Å². The number of aromatic nitrogens is 3. The van der Waals surface area contributed by atoms with Gasteiger partial charge in [-0.25, -0.2) is 9.48 Å². The maximum atomic E-state index is 13.2. The maximum absolute atomic E-state index is 13.2. The highest BCUT2D eigenvalue weighted by molar-refractivity contribution is 8.76. The first-order valence-electron chi connectivity index (χ1n) is 19.0. The van der Waals surface area contributed by atoms with E-state index in [0.717, 1.165) is 73.5 Å². The summed E-state index contributed by atoms with van der Waals surface area (Å²) in [4.78, 5) is 26.1. The second kappa shape index (κ2) is 22.3. The van der Waals surface area contributed by atoms with Crippen LogP contribution in [0.3, 0.4) is 0 Å². The molecule has 1 unspecified atom stereocenters. The van der Waals surface area contributed by atoms with Gasteiger partial charge in [0.2, 0.25) is 0 Å². The molecule has 0 aliphatic heterocycles. The molecule has 5 rings (SSSR count). The van der Waals surface area contributed by atoms with Crippen molar-refractivity contribution in [3.8, 4) is 22.5 Å². The molecule has 1 atom stereocenters. The number of carbonyl (C=O) groups excluding carboxylic acids is 2. The van der Waals surface area contributed by atoms with Gasteiger partial charge in [0.15, 0.2) is 0 Å². The van der Waals surface area contributed by atoms with E-state index in [1.165, 1.54) is 0 Å². The van der Waals surface area contributed by atoms with Crippen LogP contribution < -0.4 is 10.7 Å². The molecule has 1 aromatic heterocycles. The van der Waals surface area contributed by atoms with Gasteiger partial charge in [0, 0.05) is 72.3 Å². The summed E-state index contributed by atoms with van der Waals surface area (Å²) >= 11 is 7.26. The zero-order valence-corrected chi connectivity index (χ0v) is 35.6. The van der Waals surface area contributed by atoms with E-state index in [2.05, 4.69) is 29.5 Å². The first kappa shape index (κ1) is 43.4. The topological polar surface area (TPSA) is 130 Å².